The normalized spacial score (nSPS) is 15.3. The Morgan fingerprint density at radius 1 is 1.05 bits per heavy atom. The van der Waals surface area contributed by atoms with E-state index < -0.39 is 0 Å². The molecule has 1 atom stereocenters. The summed E-state index contributed by atoms with van der Waals surface area (Å²) in [5.74, 6) is 0. The fourth-order valence-electron chi connectivity index (χ4n) is 2.58. The van der Waals surface area contributed by atoms with Gasteiger partial charge in [-0.25, -0.2) is 0 Å². The van der Waals surface area contributed by atoms with Gasteiger partial charge in [0.2, 0.25) is 0 Å². The summed E-state index contributed by atoms with van der Waals surface area (Å²) in [4.78, 5) is 0. The average molecular weight is 318 g/mol. The lowest BCUT2D eigenvalue weighted by Crippen LogP contribution is -2.17. The minimum absolute atomic E-state index is 0.211. The lowest BCUT2D eigenvalue weighted by molar-refractivity contribution is 0.134. The van der Waals surface area contributed by atoms with Gasteiger partial charge in [-0.1, -0.05) is 46.3 Å². The summed E-state index contributed by atoms with van der Waals surface area (Å²) in [6.45, 7) is 1.48. The van der Waals surface area contributed by atoms with Gasteiger partial charge in [0.15, 0.2) is 0 Å². The van der Waals surface area contributed by atoms with E-state index in [0.717, 1.165) is 17.7 Å². The second-order valence-electron chi connectivity index (χ2n) is 4.80. The number of benzene rings is 2. The molecule has 0 radical (unpaired) electrons. The summed E-state index contributed by atoms with van der Waals surface area (Å²) in [7, 11) is 2.00. The molecule has 1 unspecified atom stereocenters. The Balaban J connectivity index is 1.98. The van der Waals surface area contributed by atoms with E-state index in [1.165, 1.54) is 22.3 Å². The highest BCUT2D eigenvalue weighted by Gasteiger charge is 2.16. The molecule has 1 N–H and O–H groups in total. The molecule has 3 rings (SSSR count). The van der Waals surface area contributed by atoms with Crippen LogP contribution in [0, 0.1) is 0 Å². The molecule has 0 saturated heterocycles. The van der Waals surface area contributed by atoms with E-state index in [1.54, 1.807) is 0 Å². The van der Waals surface area contributed by atoms with E-state index in [0.29, 0.717) is 0 Å². The summed E-state index contributed by atoms with van der Waals surface area (Å²) in [6, 6.07) is 15.3. The van der Waals surface area contributed by atoms with Gasteiger partial charge in [-0.15, -0.1) is 0 Å². The monoisotopic (exact) mass is 317 g/mol. The van der Waals surface area contributed by atoms with Crippen molar-refractivity contribution in [3.05, 3.63) is 69.2 Å². The molecule has 0 amide bonds. The van der Waals surface area contributed by atoms with Gasteiger partial charge in [0, 0.05) is 4.47 Å². The Labute approximate surface area is 121 Å². The SMILES string of the molecule is CNC(c1cccc(Br)c1)c1ccc2c(c1)COC2. The standard InChI is InChI=1S/C16H16BrNO/c1-18-16(11-3-2-4-15(17)8-11)12-5-6-13-9-19-10-14(13)7-12/h2-8,16,18H,9-10H2,1H3. The van der Waals surface area contributed by atoms with E-state index in [2.05, 4.69) is 57.6 Å². The van der Waals surface area contributed by atoms with Gasteiger partial charge in [0.25, 0.3) is 0 Å². The first-order chi connectivity index (χ1) is 9.28. The van der Waals surface area contributed by atoms with Crippen LogP contribution in [0.2, 0.25) is 0 Å². The fourth-order valence-corrected chi connectivity index (χ4v) is 3.00. The van der Waals surface area contributed by atoms with E-state index in [9.17, 15) is 0 Å². The maximum atomic E-state index is 5.48. The molecule has 1 aliphatic heterocycles. The number of nitrogens with one attached hydrogen (secondary N) is 1. The van der Waals surface area contributed by atoms with Crippen molar-refractivity contribution < 1.29 is 4.74 Å². The molecule has 0 spiro atoms. The van der Waals surface area contributed by atoms with Crippen LogP contribution >= 0.6 is 15.9 Å². The van der Waals surface area contributed by atoms with Crippen LogP contribution in [-0.4, -0.2) is 7.05 Å². The number of hydrogen-bond acceptors (Lipinski definition) is 2. The van der Waals surface area contributed by atoms with Gasteiger partial charge >= 0.3 is 0 Å². The third-order valence-corrected chi connectivity index (χ3v) is 4.04. The summed E-state index contributed by atoms with van der Waals surface area (Å²) in [6.07, 6.45) is 0. The zero-order valence-electron chi connectivity index (χ0n) is 10.8. The molecule has 0 aromatic heterocycles. The largest absolute Gasteiger partial charge is 0.372 e. The Morgan fingerprint density at radius 3 is 2.63 bits per heavy atom. The first-order valence-electron chi connectivity index (χ1n) is 6.40. The van der Waals surface area contributed by atoms with Gasteiger partial charge in [-0.2, -0.15) is 0 Å². The predicted octanol–water partition coefficient (Wildman–Crippen LogP) is 3.79. The molecular formula is C16H16BrNO. The fraction of sp³-hybridized carbons (Fsp3) is 0.250. The average Bonchev–Trinajstić information content (AvgIpc) is 2.87. The van der Waals surface area contributed by atoms with E-state index >= 15 is 0 Å². The smallest absolute Gasteiger partial charge is 0.0725 e. The van der Waals surface area contributed by atoms with Crippen LogP contribution in [0.3, 0.4) is 0 Å². The van der Waals surface area contributed by atoms with Crippen molar-refractivity contribution in [2.45, 2.75) is 19.3 Å². The van der Waals surface area contributed by atoms with Gasteiger partial charge in [-0.3, -0.25) is 0 Å². The van der Waals surface area contributed by atoms with Crippen LogP contribution in [0.25, 0.3) is 0 Å². The number of halogens is 1. The molecule has 2 aromatic rings. The van der Waals surface area contributed by atoms with Crippen LogP contribution in [0.1, 0.15) is 28.3 Å². The molecule has 2 aromatic carbocycles. The van der Waals surface area contributed by atoms with Crippen molar-refractivity contribution in [2.24, 2.45) is 0 Å². The first kappa shape index (κ1) is 12.9. The van der Waals surface area contributed by atoms with E-state index in [4.69, 9.17) is 4.74 Å². The maximum Gasteiger partial charge on any atom is 0.0725 e. The van der Waals surface area contributed by atoms with Crippen molar-refractivity contribution in [3.8, 4) is 0 Å². The molecule has 1 aliphatic rings. The minimum atomic E-state index is 0.211. The Morgan fingerprint density at radius 2 is 1.84 bits per heavy atom. The molecule has 98 valence electrons. The minimum Gasteiger partial charge on any atom is -0.372 e. The molecule has 0 fully saturated rings. The van der Waals surface area contributed by atoms with Crippen molar-refractivity contribution in [1.82, 2.24) is 5.32 Å². The van der Waals surface area contributed by atoms with Crippen molar-refractivity contribution in [1.29, 1.82) is 0 Å². The highest BCUT2D eigenvalue weighted by Crippen LogP contribution is 2.28. The third-order valence-electron chi connectivity index (χ3n) is 3.55. The maximum absolute atomic E-state index is 5.48. The Hall–Kier alpha value is -1.16. The Bertz CT molecular complexity index is 597. The lowest BCUT2D eigenvalue weighted by Gasteiger charge is -2.18. The van der Waals surface area contributed by atoms with Crippen LogP contribution < -0.4 is 5.32 Å². The molecule has 19 heavy (non-hydrogen) atoms. The van der Waals surface area contributed by atoms with Crippen molar-refractivity contribution in [2.75, 3.05) is 7.05 Å². The molecule has 3 heteroatoms. The highest BCUT2D eigenvalue weighted by atomic mass is 79.9. The van der Waals surface area contributed by atoms with Crippen LogP contribution in [0.15, 0.2) is 46.9 Å². The predicted molar refractivity (Wildman–Crippen MR) is 80.0 cm³/mol. The number of rotatable bonds is 3. The summed E-state index contributed by atoms with van der Waals surface area (Å²) >= 11 is 3.53. The summed E-state index contributed by atoms with van der Waals surface area (Å²) in [5.41, 5.74) is 5.17. The second-order valence-corrected chi connectivity index (χ2v) is 5.71. The van der Waals surface area contributed by atoms with Crippen LogP contribution in [0.4, 0.5) is 0 Å². The zero-order valence-corrected chi connectivity index (χ0v) is 12.4. The lowest BCUT2D eigenvalue weighted by atomic mass is 9.96. The second kappa shape index (κ2) is 5.45. The van der Waals surface area contributed by atoms with Crippen LogP contribution in [-0.2, 0) is 18.0 Å². The number of hydrogen-bond donors (Lipinski definition) is 1. The number of ether oxygens (including phenoxy) is 1. The van der Waals surface area contributed by atoms with Gasteiger partial charge in [-0.05, 0) is 41.4 Å². The van der Waals surface area contributed by atoms with Crippen LogP contribution in [0.5, 0.6) is 0 Å². The molecule has 0 aliphatic carbocycles. The van der Waals surface area contributed by atoms with Crippen molar-refractivity contribution >= 4 is 15.9 Å². The van der Waals surface area contributed by atoms with E-state index in [-0.39, 0.29) is 6.04 Å². The first-order valence-corrected chi connectivity index (χ1v) is 7.19. The zero-order chi connectivity index (χ0) is 13.2. The quantitative estimate of drug-likeness (QED) is 0.930. The molecule has 2 nitrogen and oxygen atoms in total. The Kier molecular flexibility index (Phi) is 3.69. The van der Waals surface area contributed by atoms with Crippen molar-refractivity contribution in [3.63, 3.8) is 0 Å². The van der Waals surface area contributed by atoms with Gasteiger partial charge < -0.3 is 10.1 Å². The van der Waals surface area contributed by atoms with Gasteiger partial charge in [0.1, 0.15) is 0 Å². The highest BCUT2D eigenvalue weighted by molar-refractivity contribution is 9.10. The number of fused-ring (bicyclic) bond motifs is 1. The third kappa shape index (κ3) is 2.59. The molecule has 0 saturated carbocycles. The molecule has 1 heterocycles. The topological polar surface area (TPSA) is 21.3 Å². The molecule has 0 bridgehead atoms. The van der Waals surface area contributed by atoms with E-state index in [1.807, 2.05) is 13.1 Å². The molecular weight excluding hydrogens is 302 g/mol. The van der Waals surface area contributed by atoms with Gasteiger partial charge in [0.05, 0.1) is 19.3 Å². The summed E-state index contributed by atoms with van der Waals surface area (Å²) in [5, 5.41) is 3.39. The summed E-state index contributed by atoms with van der Waals surface area (Å²) < 4.78 is 6.59.